The number of rotatable bonds is 2. The Morgan fingerprint density at radius 2 is 2.18 bits per heavy atom. The normalized spacial score (nSPS) is 8.73. The fraction of sp³-hybridized carbons (Fsp3) is 0.625. The molecular formula is C8H16N2O. The van der Waals surface area contributed by atoms with Crippen LogP contribution in [0.4, 0.5) is 0 Å². The summed E-state index contributed by atoms with van der Waals surface area (Å²) in [7, 11) is 1.65. The Morgan fingerprint density at radius 1 is 1.55 bits per heavy atom. The SMILES string of the molecule is CC.COCn1cc(C)cn1. The smallest absolute Gasteiger partial charge is 0.138 e. The summed E-state index contributed by atoms with van der Waals surface area (Å²) in [5, 5.41) is 4.00. The van der Waals surface area contributed by atoms with E-state index in [9.17, 15) is 0 Å². The average molecular weight is 156 g/mol. The zero-order valence-corrected chi connectivity index (χ0v) is 7.66. The number of hydrogen-bond acceptors (Lipinski definition) is 2. The molecule has 0 radical (unpaired) electrons. The minimum absolute atomic E-state index is 0.536. The molecule has 0 N–H and O–H groups in total. The van der Waals surface area contributed by atoms with Gasteiger partial charge in [-0.1, -0.05) is 13.8 Å². The first-order valence-electron chi connectivity index (χ1n) is 3.81. The largest absolute Gasteiger partial charge is 0.362 e. The first-order valence-corrected chi connectivity index (χ1v) is 3.81. The van der Waals surface area contributed by atoms with E-state index in [0.29, 0.717) is 6.73 Å². The van der Waals surface area contributed by atoms with E-state index in [-0.39, 0.29) is 0 Å². The topological polar surface area (TPSA) is 27.1 Å². The number of aromatic nitrogens is 2. The van der Waals surface area contributed by atoms with Crippen molar-refractivity contribution in [1.29, 1.82) is 0 Å². The molecule has 0 bridgehead atoms. The van der Waals surface area contributed by atoms with Crippen molar-refractivity contribution in [3.63, 3.8) is 0 Å². The lowest BCUT2D eigenvalue weighted by molar-refractivity contribution is 0.120. The monoisotopic (exact) mass is 156 g/mol. The van der Waals surface area contributed by atoms with Crippen molar-refractivity contribution >= 4 is 0 Å². The first kappa shape index (κ1) is 10.2. The predicted molar refractivity (Wildman–Crippen MR) is 45.3 cm³/mol. The quantitative estimate of drug-likeness (QED) is 0.653. The lowest BCUT2D eigenvalue weighted by Crippen LogP contribution is -1.98. The molecule has 1 aromatic rings. The van der Waals surface area contributed by atoms with Crippen molar-refractivity contribution in [2.75, 3.05) is 7.11 Å². The predicted octanol–water partition coefficient (Wildman–Crippen LogP) is 1.82. The van der Waals surface area contributed by atoms with Gasteiger partial charge in [0.1, 0.15) is 6.73 Å². The molecule has 0 aliphatic heterocycles. The summed E-state index contributed by atoms with van der Waals surface area (Å²) in [5.41, 5.74) is 1.16. The van der Waals surface area contributed by atoms with E-state index in [1.54, 1.807) is 18.0 Å². The second-order valence-electron chi connectivity index (χ2n) is 1.97. The van der Waals surface area contributed by atoms with Gasteiger partial charge in [0, 0.05) is 13.3 Å². The number of hydrogen-bond donors (Lipinski definition) is 0. The molecule has 11 heavy (non-hydrogen) atoms. The van der Waals surface area contributed by atoms with Gasteiger partial charge in [-0.3, -0.25) is 0 Å². The van der Waals surface area contributed by atoms with Crippen LogP contribution in [0.1, 0.15) is 19.4 Å². The van der Waals surface area contributed by atoms with E-state index in [2.05, 4.69) is 5.10 Å². The van der Waals surface area contributed by atoms with Gasteiger partial charge >= 0.3 is 0 Å². The Kier molecular flexibility index (Phi) is 5.47. The lowest BCUT2D eigenvalue weighted by Gasteiger charge is -1.94. The van der Waals surface area contributed by atoms with Crippen molar-refractivity contribution in [3.8, 4) is 0 Å². The molecule has 0 amide bonds. The maximum Gasteiger partial charge on any atom is 0.138 e. The third-order valence-electron chi connectivity index (χ3n) is 1.02. The molecule has 1 heterocycles. The molecule has 3 heteroatoms. The fourth-order valence-corrected chi connectivity index (χ4v) is 0.670. The summed E-state index contributed by atoms with van der Waals surface area (Å²) in [6.45, 7) is 6.53. The molecule has 0 spiro atoms. The Morgan fingerprint density at radius 3 is 2.55 bits per heavy atom. The minimum atomic E-state index is 0.536. The highest BCUT2D eigenvalue weighted by atomic mass is 16.5. The highest BCUT2D eigenvalue weighted by molar-refractivity contribution is 4.98. The van der Waals surface area contributed by atoms with Gasteiger partial charge in [-0.05, 0) is 12.5 Å². The van der Waals surface area contributed by atoms with Crippen molar-refractivity contribution < 1.29 is 4.74 Å². The molecule has 0 saturated carbocycles. The maximum atomic E-state index is 4.84. The number of nitrogens with zero attached hydrogens (tertiary/aromatic N) is 2. The van der Waals surface area contributed by atoms with Gasteiger partial charge in [-0.2, -0.15) is 5.10 Å². The lowest BCUT2D eigenvalue weighted by atomic mass is 10.4. The van der Waals surface area contributed by atoms with Crippen LogP contribution in [0.25, 0.3) is 0 Å². The van der Waals surface area contributed by atoms with Crippen LogP contribution in [-0.4, -0.2) is 16.9 Å². The van der Waals surface area contributed by atoms with E-state index in [4.69, 9.17) is 4.74 Å². The second-order valence-corrected chi connectivity index (χ2v) is 1.97. The van der Waals surface area contributed by atoms with Crippen LogP contribution in [0.15, 0.2) is 12.4 Å². The standard InChI is InChI=1S/C6H10N2O.C2H6/c1-6-3-7-8(4-6)5-9-2;1-2/h3-4H,5H2,1-2H3;1-2H3. The van der Waals surface area contributed by atoms with Crippen molar-refractivity contribution in [2.24, 2.45) is 0 Å². The van der Waals surface area contributed by atoms with Crippen LogP contribution in [0.5, 0.6) is 0 Å². The van der Waals surface area contributed by atoms with Gasteiger partial charge in [-0.15, -0.1) is 0 Å². The molecule has 1 aromatic heterocycles. The third kappa shape index (κ3) is 3.78. The van der Waals surface area contributed by atoms with E-state index in [1.165, 1.54) is 0 Å². The van der Waals surface area contributed by atoms with Gasteiger partial charge in [0.25, 0.3) is 0 Å². The summed E-state index contributed by atoms with van der Waals surface area (Å²) < 4.78 is 6.59. The van der Waals surface area contributed by atoms with Crippen molar-refractivity contribution in [3.05, 3.63) is 18.0 Å². The van der Waals surface area contributed by atoms with Crippen LogP contribution < -0.4 is 0 Å². The van der Waals surface area contributed by atoms with Gasteiger partial charge in [0.15, 0.2) is 0 Å². The van der Waals surface area contributed by atoms with Crippen LogP contribution in [0.2, 0.25) is 0 Å². The van der Waals surface area contributed by atoms with Gasteiger partial charge < -0.3 is 4.74 Å². The molecule has 0 aromatic carbocycles. The van der Waals surface area contributed by atoms with E-state index in [0.717, 1.165) is 5.56 Å². The highest BCUT2D eigenvalue weighted by Crippen LogP contribution is 1.92. The summed E-state index contributed by atoms with van der Waals surface area (Å²) >= 11 is 0. The summed E-state index contributed by atoms with van der Waals surface area (Å²) in [5.74, 6) is 0. The van der Waals surface area contributed by atoms with E-state index >= 15 is 0 Å². The highest BCUT2D eigenvalue weighted by Gasteiger charge is 1.89. The van der Waals surface area contributed by atoms with E-state index in [1.807, 2.05) is 27.0 Å². The zero-order valence-electron chi connectivity index (χ0n) is 7.66. The molecule has 0 atom stereocenters. The maximum absolute atomic E-state index is 4.84. The molecular weight excluding hydrogens is 140 g/mol. The first-order chi connectivity index (χ1) is 5.33. The fourth-order valence-electron chi connectivity index (χ4n) is 0.670. The van der Waals surface area contributed by atoms with Gasteiger partial charge in [-0.25, -0.2) is 4.68 Å². The van der Waals surface area contributed by atoms with Gasteiger partial charge in [0.05, 0.1) is 6.20 Å². The minimum Gasteiger partial charge on any atom is -0.362 e. The Hall–Kier alpha value is -0.830. The summed E-state index contributed by atoms with van der Waals surface area (Å²) in [6.07, 6.45) is 3.74. The zero-order chi connectivity index (χ0) is 8.69. The van der Waals surface area contributed by atoms with Crippen LogP contribution in [-0.2, 0) is 11.5 Å². The molecule has 3 nitrogen and oxygen atoms in total. The summed E-state index contributed by atoms with van der Waals surface area (Å²) in [4.78, 5) is 0. The van der Waals surface area contributed by atoms with Crippen LogP contribution in [0.3, 0.4) is 0 Å². The second kappa shape index (κ2) is 5.92. The Bertz CT molecular complexity index is 184. The number of aryl methyl sites for hydroxylation is 1. The van der Waals surface area contributed by atoms with E-state index < -0.39 is 0 Å². The summed E-state index contributed by atoms with van der Waals surface area (Å²) in [6, 6.07) is 0. The third-order valence-corrected chi connectivity index (χ3v) is 1.02. The molecule has 0 aliphatic rings. The Balaban J connectivity index is 0.000000461. The Labute approximate surface area is 68.0 Å². The molecule has 0 unspecified atom stereocenters. The van der Waals surface area contributed by atoms with Crippen LogP contribution in [0, 0.1) is 6.92 Å². The molecule has 0 saturated heterocycles. The number of methoxy groups -OCH3 is 1. The molecule has 64 valence electrons. The molecule has 0 aliphatic carbocycles. The average Bonchev–Trinajstić information content (AvgIpc) is 2.41. The molecule has 1 rings (SSSR count). The van der Waals surface area contributed by atoms with Gasteiger partial charge in [0.2, 0.25) is 0 Å². The number of ether oxygens (including phenoxy) is 1. The van der Waals surface area contributed by atoms with Crippen molar-refractivity contribution in [2.45, 2.75) is 27.5 Å². The molecule has 0 fully saturated rings. The van der Waals surface area contributed by atoms with Crippen molar-refractivity contribution in [1.82, 2.24) is 9.78 Å². The van der Waals surface area contributed by atoms with Crippen LogP contribution >= 0.6 is 0 Å².